The number of anilines is 1. The van der Waals surface area contributed by atoms with Crippen LogP contribution in [0.15, 0.2) is 18.2 Å². The Hall–Kier alpha value is -1.59. The maximum atomic E-state index is 11.9. The van der Waals surface area contributed by atoms with E-state index in [-0.39, 0.29) is 16.5 Å². The Morgan fingerprint density at radius 3 is 2.44 bits per heavy atom. The molecule has 18 heavy (non-hydrogen) atoms. The van der Waals surface area contributed by atoms with Crippen molar-refractivity contribution in [3.8, 4) is 0 Å². The number of benzene rings is 1. The summed E-state index contributed by atoms with van der Waals surface area (Å²) in [6, 6.07) is 4.58. The molecule has 0 atom stereocenters. The van der Waals surface area contributed by atoms with Gasteiger partial charge in [-0.15, -0.1) is 0 Å². The third kappa shape index (κ3) is 3.21. The van der Waals surface area contributed by atoms with Gasteiger partial charge in [-0.25, -0.2) is 0 Å². The van der Waals surface area contributed by atoms with Gasteiger partial charge >= 0.3 is 0 Å². The van der Waals surface area contributed by atoms with Crippen LogP contribution in [0.4, 0.5) is 5.69 Å². The van der Waals surface area contributed by atoms with E-state index in [2.05, 4.69) is 10.6 Å². The zero-order valence-corrected chi connectivity index (χ0v) is 11.3. The second kappa shape index (κ2) is 5.37. The number of nitrogens with two attached hydrogens (primary N) is 1. The van der Waals surface area contributed by atoms with E-state index in [9.17, 15) is 9.59 Å². The van der Waals surface area contributed by atoms with Gasteiger partial charge in [0.25, 0.3) is 0 Å². The molecule has 0 aliphatic heterocycles. The molecule has 0 fully saturated rings. The first-order valence-electron chi connectivity index (χ1n) is 5.37. The fraction of sp³-hybridized carbons (Fsp3) is 0.333. The van der Waals surface area contributed by atoms with Gasteiger partial charge in [-0.2, -0.15) is 0 Å². The van der Waals surface area contributed by atoms with Crippen LogP contribution in [0.3, 0.4) is 0 Å². The van der Waals surface area contributed by atoms with Crippen LogP contribution in [0.1, 0.15) is 24.2 Å². The third-order valence-electron chi connectivity index (χ3n) is 2.68. The van der Waals surface area contributed by atoms with E-state index in [1.54, 1.807) is 27.0 Å². The molecule has 1 rings (SSSR count). The first-order chi connectivity index (χ1) is 8.27. The maximum absolute atomic E-state index is 11.9. The lowest BCUT2D eigenvalue weighted by molar-refractivity contribution is -0.121. The summed E-state index contributed by atoms with van der Waals surface area (Å²) >= 11 is 5.82. The molecule has 98 valence electrons. The molecular weight excluding hydrogens is 254 g/mol. The van der Waals surface area contributed by atoms with Crippen LogP contribution in [0.2, 0.25) is 5.02 Å². The Morgan fingerprint density at radius 1 is 1.33 bits per heavy atom. The van der Waals surface area contributed by atoms with Gasteiger partial charge in [0.1, 0.15) is 0 Å². The number of carbonyl (C=O) groups excluding carboxylic acids is 2. The smallest absolute Gasteiger partial charge is 0.250 e. The average molecular weight is 270 g/mol. The van der Waals surface area contributed by atoms with Gasteiger partial charge in [0.05, 0.1) is 16.1 Å². The summed E-state index contributed by atoms with van der Waals surface area (Å²) in [6.07, 6.45) is 0. The number of nitrogens with one attached hydrogen (secondary N) is 2. The number of rotatable bonds is 4. The fourth-order valence-electron chi connectivity index (χ4n) is 1.19. The largest absolute Gasteiger partial charge is 0.366 e. The molecule has 0 heterocycles. The van der Waals surface area contributed by atoms with Gasteiger partial charge in [-0.1, -0.05) is 11.6 Å². The minimum absolute atomic E-state index is 0.178. The zero-order chi connectivity index (χ0) is 13.9. The molecule has 5 nitrogen and oxygen atoms in total. The topological polar surface area (TPSA) is 84.2 Å². The summed E-state index contributed by atoms with van der Waals surface area (Å²) in [5.41, 5.74) is 5.11. The van der Waals surface area contributed by atoms with E-state index in [0.29, 0.717) is 5.69 Å². The predicted molar refractivity (Wildman–Crippen MR) is 71.7 cm³/mol. The summed E-state index contributed by atoms with van der Waals surface area (Å²) < 4.78 is 0. The molecule has 4 N–H and O–H groups in total. The van der Waals surface area contributed by atoms with E-state index in [4.69, 9.17) is 17.3 Å². The van der Waals surface area contributed by atoms with Gasteiger partial charge in [-0.05, 0) is 39.1 Å². The quantitative estimate of drug-likeness (QED) is 0.772. The molecule has 0 aliphatic rings. The molecule has 0 unspecified atom stereocenters. The molecule has 0 aliphatic carbocycles. The normalized spacial score (nSPS) is 11.1. The number of amides is 2. The number of hydrogen-bond acceptors (Lipinski definition) is 3. The van der Waals surface area contributed by atoms with Crippen molar-refractivity contribution in [3.63, 3.8) is 0 Å². The van der Waals surface area contributed by atoms with Crippen LogP contribution in [-0.2, 0) is 4.79 Å². The minimum Gasteiger partial charge on any atom is -0.366 e. The van der Waals surface area contributed by atoms with Crippen LogP contribution in [-0.4, -0.2) is 24.4 Å². The molecule has 0 aromatic heterocycles. The molecule has 0 saturated heterocycles. The lowest BCUT2D eigenvalue weighted by atomic mass is 10.0. The standard InChI is InChI=1S/C12H16ClN3O2/c1-12(2,15-3)11(18)16-7-4-5-9(13)8(6-7)10(14)17/h4-6,15H,1-3H3,(H2,14,17)(H,16,18). The van der Waals surface area contributed by atoms with E-state index in [0.717, 1.165) is 0 Å². The number of halogens is 1. The van der Waals surface area contributed by atoms with Crippen molar-refractivity contribution in [2.75, 3.05) is 12.4 Å². The molecule has 0 spiro atoms. The Kier molecular flexibility index (Phi) is 4.32. The first kappa shape index (κ1) is 14.5. The van der Waals surface area contributed by atoms with Crippen LogP contribution in [0, 0.1) is 0 Å². The van der Waals surface area contributed by atoms with Crippen molar-refractivity contribution in [1.29, 1.82) is 0 Å². The van der Waals surface area contributed by atoms with Crippen molar-refractivity contribution in [2.24, 2.45) is 5.73 Å². The first-order valence-corrected chi connectivity index (χ1v) is 5.75. The van der Waals surface area contributed by atoms with Crippen molar-refractivity contribution in [2.45, 2.75) is 19.4 Å². The van der Waals surface area contributed by atoms with Crippen molar-refractivity contribution >= 4 is 29.1 Å². The van der Waals surface area contributed by atoms with Crippen molar-refractivity contribution in [3.05, 3.63) is 28.8 Å². The second-order valence-electron chi connectivity index (χ2n) is 4.39. The SMILES string of the molecule is CNC(C)(C)C(=O)Nc1ccc(Cl)c(C(N)=O)c1. The number of carbonyl (C=O) groups is 2. The maximum Gasteiger partial charge on any atom is 0.250 e. The van der Waals surface area contributed by atoms with Gasteiger partial charge in [0.2, 0.25) is 11.8 Å². The Morgan fingerprint density at radius 2 is 1.94 bits per heavy atom. The monoisotopic (exact) mass is 269 g/mol. The highest BCUT2D eigenvalue weighted by atomic mass is 35.5. The summed E-state index contributed by atoms with van der Waals surface area (Å²) in [4.78, 5) is 23.0. The molecule has 1 aromatic rings. The van der Waals surface area contributed by atoms with E-state index in [1.165, 1.54) is 12.1 Å². The van der Waals surface area contributed by atoms with Gasteiger partial charge < -0.3 is 16.4 Å². The van der Waals surface area contributed by atoms with Gasteiger partial charge in [0, 0.05) is 5.69 Å². The number of hydrogen-bond donors (Lipinski definition) is 3. The zero-order valence-electron chi connectivity index (χ0n) is 10.5. The number of primary amides is 1. The summed E-state index contributed by atoms with van der Waals surface area (Å²) in [5.74, 6) is -0.855. The van der Waals surface area contributed by atoms with Crippen molar-refractivity contribution in [1.82, 2.24) is 5.32 Å². The fourth-order valence-corrected chi connectivity index (χ4v) is 1.40. The summed E-state index contributed by atoms with van der Waals surface area (Å²) in [7, 11) is 1.69. The highest BCUT2D eigenvalue weighted by Crippen LogP contribution is 2.20. The Labute approximate surface area is 111 Å². The highest BCUT2D eigenvalue weighted by Gasteiger charge is 2.25. The molecule has 6 heteroatoms. The average Bonchev–Trinajstić information content (AvgIpc) is 2.31. The summed E-state index contributed by atoms with van der Waals surface area (Å²) in [5, 5.41) is 5.83. The van der Waals surface area contributed by atoms with Crippen molar-refractivity contribution < 1.29 is 9.59 Å². The van der Waals surface area contributed by atoms with Crippen LogP contribution < -0.4 is 16.4 Å². The molecular formula is C12H16ClN3O2. The molecule has 0 bridgehead atoms. The molecule has 1 aromatic carbocycles. The second-order valence-corrected chi connectivity index (χ2v) is 4.80. The minimum atomic E-state index is -0.716. The van der Waals surface area contributed by atoms with Crippen LogP contribution >= 0.6 is 11.6 Å². The van der Waals surface area contributed by atoms with Gasteiger partial charge in [0.15, 0.2) is 0 Å². The molecule has 0 radical (unpaired) electrons. The Bertz CT molecular complexity index is 486. The highest BCUT2D eigenvalue weighted by molar-refractivity contribution is 6.34. The van der Waals surface area contributed by atoms with E-state index in [1.807, 2.05) is 0 Å². The number of likely N-dealkylation sites (N-methyl/N-ethyl adjacent to an activating group) is 1. The van der Waals surface area contributed by atoms with Crippen LogP contribution in [0.5, 0.6) is 0 Å². The van der Waals surface area contributed by atoms with E-state index >= 15 is 0 Å². The van der Waals surface area contributed by atoms with Gasteiger partial charge in [-0.3, -0.25) is 9.59 Å². The summed E-state index contributed by atoms with van der Waals surface area (Å²) in [6.45, 7) is 3.49. The molecule has 2 amide bonds. The Balaban J connectivity index is 2.96. The third-order valence-corrected chi connectivity index (χ3v) is 3.01. The lowest BCUT2D eigenvalue weighted by Gasteiger charge is -2.22. The lowest BCUT2D eigenvalue weighted by Crippen LogP contribution is -2.47. The molecule has 0 saturated carbocycles. The van der Waals surface area contributed by atoms with Crippen LogP contribution in [0.25, 0.3) is 0 Å². The predicted octanol–water partition coefficient (Wildman–Crippen LogP) is 1.38. The van der Waals surface area contributed by atoms with E-state index < -0.39 is 11.4 Å².